The van der Waals surface area contributed by atoms with Crippen molar-refractivity contribution < 1.29 is 27.5 Å². The van der Waals surface area contributed by atoms with Gasteiger partial charge in [0.05, 0.1) is 25.3 Å². The standard InChI is InChI=1S/C23H17F2NO4/c1-28-16-7-5-14-6-8-17(12-15(14)11-16)29-22(27)10-9-21-26-13-20(30-21)23-18(24)3-2-4-19(23)25/h2-8,11-13H,9-10H2,1H3. The Hall–Kier alpha value is -3.74. The first-order chi connectivity index (χ1) is 14.5. The fourth-order valence-electron chi connectivity index (χ4n) is 3.06. The number of aromatic nitrogens is 1. The number of hydrogen-bond donors (Lipinski definition) is 0. The lowest BCUT2D eigenvalue weighted by Gasteiger charge is -2.06. The second-order valence-corrected chi connectivity index (χ2v) is 6.56. The molecule has 152 valence electrons. The van der Waals surface area contributed by atoms with Crippen molar-refractivity contribution in [2.75, 3.05) is 7.11 Å². The zero-order valence-corrected chi connectivity index (χ0v) is 16.0. The molecule has 0 radical (unpaired) electrons. The zero-order chi connectivity index (χ0) is 21.1. The van der Waals surface area contributed by atoms with Crippen LogP contribution in [0.1, 0.15) is 12.3 Å². The molecule has 4 rings (SSSR count). The zero-order valence-electron chi connectivity index (χ0n) is 16.0. The van der Waals surface area contributed by atoms with E-state index in [4.69, 9.17) is 13.9 Å². The molecular weight excluding hydrogens is 392 g/mol. The molecule has 0 bridgehead atoms. The van der Waals surface area contributed by atoms with Gasteiger partial charge in [-0.05, 0) is 47.2 Å². The molecule has 0 unspecified atom stereocenters. The number of ether oxygens (including phenoxy) is 2. The number of carbonyl (C=O) groups is 1. The van der Waals surface area contributed by atoms with Crippen LogP contribution >= 0.6 is 0 Å². The van der Waals surface area contributed by atoms with Crippen LogP contribution < -0.4 is 9.47 Å². The van der Waals surface area contributed by atoms with Gasteiger partial charge in [-0.2, -0.15) is 0 Å². The number of nitrogens with zero attached hydrogens (tertiary/aromatic N) is 1. The highest BCUT2D eigenvalue weighted by Crippen LogP contribution is 2.27. The fraction of sp³-hybridized carbons (Fsp3) is 0.130. The van der Waals surface area contributed by atoms with E-state index < -0.39 is 17.6 Å². The number of esters is 1. The van der Waals surface area contributed by atoms with Gasteiger partial charge < -0.3 is 13.9 Å². The number of benzene rings is 3. The smallest absolute Gasteiger partial charge is 0.311 e. The van der Waals surface area contributed by atoms with Gasteiger partial charge in [0.15, 0.2) is 11.7 Å². The van der Waals surface area contributed by atoms with E-state index >= 15 is 0 Å². The summed E-state index contributed by atoms with van der Waals surface area (Å²) >= 11 is 0. The number of methoxy groups -OCH3 is 1. The number of carbonyl (C=O) groups excluding carboxylic acids is 1. The highest BCUT2D eigenvalue weighted by Gasteiger charge is 2.16. The summed E-state index contributed by atoms with van der Waals surface area (Å²) in [5.74, 6) is -0.700. The van der Waals surface area contributed by atoms with Gasteiger partial charge >= 0.3 is 5.97 Å². The fourth-order valence-corrected chi connectivity index (χ4v) is 3.06. The first kappa shape index (κ1) is 19.6. The summed E-state index contributed by atoms with van der Waals surface area (Å²) in [6.45, 7) is 0. The molecule has 0 aliphatic carbocycles. The van der Waals surface area contributed by atoms with E-state index in [1.54, 1.807) is 19.2 Å². The van der Waals surface area contributed by atoms with Crippen molar-refractivity contribution in [3.8, 4) is 22.8 Å². The lowest BCUT2D eigenvalue weighted by molar-refractivity contribution is -0.134. The van der Waals surface area contributed by atoms with Crippen LogP contribution in [-0.4, -0.2) is 18.1 Å². The van der Waals surface area contributed by atoms with E-state index in [1.807, 2.05) is 24.3 Å². The molecule has 0 fully saturated rings. The van der Waals surface area contributed by atoms with Crippen LogP contribution in [0.5, 0.6) is 11.5 Å². The molecule has 0 N–H and O–H groups in total. The van der Waals surface area contributed by atoms with Gasteiger partial charge in [0, 0.05) is 6.42 Å². The van der Waals surface area contributed by atoms with Crippen LogP contribution in [0, 0.1) is 11.6 Å². The van der Waals surface area contributed by atoms with Crippen molar-refractivity contribution in [1.82, 2.24) is 4.98 Å². The van der Waals surface area contributed by atoms with E-state index in [0.29, 0.717) is 11.5 Å². The lowest BCUT2D eigenvalue weighted by Crippen LogP contribution is -2.09. The third-order valence-electron chi connectivity index (χ3n) is 4.56. The van der Waals surface area contributed by atoms with Gasteiger partial charge in [-0.25, -0.2) is 13.8 Å². The Morgan fingerprint density at radius 1 is 1.00 bits per heavy atom. The van der Waals surface area contributed by atoms with Gasteiger partial charge in [-0.15, -0.1) is 0 Å². The van der Waals surface area contributed by atoms with Crippen LogP contribution in [0.15, 0.2) is 65.2 Å². The summed E-state index contributed by atoms with van der Waals surface area (Å²) in [5, 5.41) is 1.87. The van der Waals surface area contributed by atoms with Crippen LogP contribution in [0.4, 0.5) is 8.78 Å². The van der Waals surface area contributed by atoms with Gasteiger partial charge in [-0.1, -0.05) is 18.2 Å². The predicted molar refractivity (Wildman–Crippen MR) is 106 cm³/mol. The Morgan fingerprint density at radius 2 is 1.70 bits per heavy atom. The first-order valence-corrected chi connectivity index (χ1v) is 9.21. The monoisotopic (exact) mass is 409 g/mol. The molecule has 7 heteroatoms. The minimum atomic E-state index is -0.745. The van der Waals surface area contributed by atoms with Crippen LogP contribution in [0.2, 0.25) is 0 Å². The molecule has 0 spiro atoms. The lowest BCUT2D eigenvalue weighted by atomic mass is 10.1. The number of aryl methyl sites for hydroxylation is 1. The molecule has 30 heavy (non-hydrogen) atoms. The molecule has 1 heterocycles. The maximum absolute atomic E-state index is 13.9. The van der Waals surface area contributed by atoms with E-state index in [2.05, 4.69) is 4.98 Å². The summed E-state index contributed by atoms with van der Waals surface area (Å²) in [4.78, 5) is 16.2. The quantitative estimate of drug-likeness (QED) is 0.319. The second-order valence-electron chi connectivity index (χ2n) is 6.56. The number of oxazole rings is 1. The van der Waals surface area contributed by atoms with Crippen molar-refractivity contribution in [1.29, 1.82) is 0 Å². The van der Waals surface area contributed by atoms with E-state index in [0.717, 1.165) is 22.9 Å². The van der Waals surface area contributed by atoms with Gasteiger partial charge in [0.1, 0.15) is 23.1 Å². The molecule has 1 aromatic heterocycles. The highest BCUT2D eigenvalue weighted by molar-refractivity contribution is 5.86. The average molecular weight is 409 g/mol. The first-order valence-electron chi connectivity index (χ1n) is 9.21. The van der Waals surface area contributed by atoms with Crippen molar-refractivity contribution in [2.24, 2.45) is 0 Å². The molecule has 0 amide bonds. The van der Waals surface area contributed by atoms with Crippen LogP contribution in [-0.2, 0) is 11.2 Å². The van der Waals surface area contributed by atoms with Gasteiger partial charge in [-0.3, -0.25) is 4.79 Å². The number of halogens is 2. The highest BCUT2D eigenvalue weighted by atomic mass is 19.1. The molecule has 3 aromatic carbocycles. The summed E-state index contributed by atoms with van der Waals surface area (Å²) in [7, 11) is 1.58. The normalized spacial score (nSPS) is 10.9. The summed E-state index contributed by atoms with van der Waals surface area (Å²) < 4.78 is 43.7. The number of rotatable bonds is 6. The molecule has 0 saturated carbocycles. The predicted octanol–water partition coefficient (Wildman–Crippen LogP) is 5.32. The molecule has 5 nitrogen and oxygen atoms in total. The molecule has 4 aromatic rings. The van der Waals surface area contributed by atoms with E-state index in [1.165, 1.54) is 12.3 Å². The Labute approximate surface area is 170 Å². The minimum absolute atomic E-state index is 0.00411. The number of hydrogen-bond acceptors (Lipinski definition) is 5. The van der Waals surface area contributed by atoms with Gasteiger partial charge in [0.2, 0.25) is 0 Å². The topological polar surface area (TPSA) is 61.6 Å². The minimum Gasteiger partial charge on any atom is -0.497 e. The molecular formula is C23H17F2NO4. The van der Waals surface area contributed by atoms with E-state index in [9.17, 15) is 13.6 Å². The van der Waals surface area contributed by atoms with Crippen molar-refractivity contribution in [2.45, 2.75) is 12.8 Å². The van der Waals surface area contributed by atoms with Crippen molar-refractivity contribution in [3.05, 3.63) is 78.3 Å². The third kappa shape index (κ3) is 4.15. The Balaban J connectivity index is 1.41. The van der Waals surface area contributed by atoms with Crippen molar-refractivity contribution in [3.63, 3.8) is 0 Å². The molecule has 0 saturated heterocycles. The Morgan fingerprint density at radius 3 is 2.43 bits per heavy atom. The van der Waals surface area contributed by atoms with E-state index in [-0.39, 0.29) is 30.1 Å². The van der Waals surface area contributed by atoms with Crippen LogP contribution in [0.25, 0.3) is 22.1 Å². The molecule has 0 aliphatic heterocycles. The Kier molecular flexibility index (Phi) is 5.43. The number of fused-ring (bicyclic) bond motifs is 1. The summed E-state index contributed by atoms with van der Waals surface area (Å²) in [5.41, 5.74) is -0.287. The van der Waals surface area contributed by atoms with Crippen molar-refractivity contribution >= 4 is 16.7 Å². The maximum atomic E-state index is 13.9. The second kappa shape index (κ2) is 8.32. The summed E-state index contributed by atoms with van der Waals surface area (Å²) in [6, 6.07) is 14.5. The largest absolute Gasteiger partial charge is 0.497 e. The SMILES string of the molecule is COc1ccc2ccc(OC(=O)CCc3ncc(-c4c(F)cccc4F)o3)cc2c1. The van der Waals surface area contributed by atoms with Crippen LogP contribution in [0.3, 0.4) is 0 Å². The van der Waals surface area contributed by atoms with Gasteiger partial charge in [0.25, 0.3) is 0 Å². The third-order valence-corrected chi connectivity index (χ3v) is 4.56. The Bertz CT molecular complexity index is 1200. The maximum Gasteiger partial charge on any atom is 0.311 e. The molecule has 0 aliphatic rings. The molecule has 0 atom stereocenters. The summed E-state index contributed by atoms with van der Waals surface area (Å²) in [6.07, 6.45) is 1.37. The average Bonchev–Trinajstić information content (AvgIpc) is 3.20.